The van der Waals surface area contributed by atoms with E-state index < -0.39 is 11.9 Å². The summed E-state index contributed by atoms with van der Waals surface area (Å²) in [6.45, 7) is 4.09. The predicted molar refractivity (Wildman–Crippen MR) is 199 cm³/mol. The summed E-state index contributed by atoms with van der Waals surface area (Å²) in [6, 6.07) is 23.6. The van der Waals surface area contributed by atoms with Gasteiger partial charge in [0.25, 0.3) is 0 Å². The second-order valence-corrected chi connectivity index (χ2v) is 11.1. The molecule has 0 radical (unpaired) electrons. The summed E-state index contributed by atoms with van der Waals surface area (Å²) in [6.07, 6.45) is 7.64. The molecule has 0 bridgehead atoms. The van der Waals surface area contributed by atoms with Crippen LogP contribution in [0, 0.1) is 11.6 Å². The minimum atomic E-state index is -0.479. The van der Waals surface area contributed by atoms with Crippen LogP contribution in [0.5, 0.6) is 0 Å². The highest BCUT2D eigenvalue weighted by Crippen LogP contribution is 2.16. The molecule has 0 unspecified atom stereocenters. The SMILES string of the molecule is C.CCOC(=O)c1cn(-c2ccccn2)nc1CCc1ccc(F)cc1.CCOC(=O)c1cn(-c2ccccn2)nc1N.Fc1ccc(CBr)cc1. The first-order valence-corrected chi connectivity index (χ1v) is 17.0. The first-order valence-electron chi connectivity index (χ1n) is 15.9. The normalized spacial score (nSPS) is 10.1. The molecular weight excluding hydrogens is 736 g/mol. The Bertz CT molecular complexity index is 1970. The van der Waals surface area contributed by atoms with Gasteiger partial charge < -0.3 is 15.2 Å². The highest BCUT2D eigenvalue weighted by atomic mass is 79.9. The Kier molecular flexibility index (Phi) is 16.3. The standard InChI is InChI=1S/C19H18FN3O2.C11H12N4O2.C7H6BrF.CH4/c1-2-25-19(24)16-13-23(18-5-3-4-12-21-18)22-17(16)11-8-14-6-9-15(20)10-7-14;1-2-17-11(16)8-7-15(14-10(8)12)9-5-3-4-6-13-9;8-5-6-1-3-7(9)4-2-6;/h3-7,9-10,12-13H,2,8,11H2,1H3;3-7H,2H2,1H3,(H2,12,14);1-4H,5H2;1H4. The number of hydrogen-bond donors (Lipinski definition) is 1. The number of carbonyl (C=O) groups is 2. The van der Waals surface area contributed by atoms with Crippen molar-refractivity contribution >= 4 is 33.7 Å². The molecule has 0 amide bonds. The number of pyridine rings is 2. The fourth-order valence-corrected chi connectivity index (χ4v) is 4.80. The van der Waals surface area contributed by atoms with Crippen molar-refractivity contribution in [2.24, 2.45) is 0 Å². The maximum atomic E-state index is 13.0. The van der Waals surface area contributed by atoms with Crippen LogP contribution < -0.4 is 5.73 Å². The molecule has 6 aromatic rings. The molecule has 4 heterocycles. The third-order valence-corrected chi connectivity index (χ3v) is 7.57. The molecule has 0 aliphatic rings. The largest absolute Gasteiger partial charge is 0.462 e. The zero-order valence-electron chi connectivity index (χ0n) is 28.0. The van der Waals surface area contributed by atoms with Crippen LogP contribution in [0.2, 0.25) is 0 Å². The lowest BCUT2D eigenvalue weighted by Gasteiger charge is -2.03. The monoisotopic (exact) mass is 775 g/mol. The topological polar surface area (TPSA) is 140 Å². The third-order valence-electron chi connectivity index (χ3n) is 6.92. The van der Waals surface area contributed by atoms with Crippen LogP contribution in [0.25, 0.3) is 11.6 Å². The number of halogens is 3. The molecule has 2 N–H and O–H groups in total. The van der Waals surface area contributed by atoms with Gasteiger partial charge in [0.1, 0.15) is 22.8 Å². The first-order chi connectivity index (χ1) is 24.7. The number of hydrogen-bond acceptors (Lipinski definition) is 9. The minimum Gasteiger partial charge on any atom is -0.462 e. The Hall–Kier alpha value is -5.76. The van der Waals surface area contributed by atoms with Crippen LogP contribution in [-0.4, -0.2) is 54.7 Å². The second kappa shape index (κ2) is 20.8. The molecule has 0 fully saturated rings. The van der Waals surface area contributed by atoms with E-state index in [1.54, 1.807) is 73.5 Å². The summed E-state index contributed by atoms with van der Waals surface area (Å²) < 4.78 is 38.2. The van der Waals surface area contributed by atoms with Crippen LogP contribution in [0.3, 0.4) is 0 Å². The van der Waals surface area contributed by atoms with Gasteiger partial charge in [-0.25, -0.2) is 37.7 Å². The number of ether oxygens (including phenoxy) is 2. The summed E-state index contributed by atoms with van der Waals surface area (Å²) in [4.78, 5) is 32.1. The number of anilines is 1. The van der Waals surface area contributed by atoms with E-state index in [1.165, 1.54) is 35.1 Å². The Morgan fingerprint density at radius 1 is 0.692 bits per heavy atom. The molecule has 0 aliphatic carbocycles. The number of alkyl halides is 1. The van der Waals surface area contributed by atoms with Gasteiger partial charge in [0.2, 0.25) is 0 Å². The van der Waals surface area contributed by atoms with Gasteiger partial charge in [-0.05, 0) is 86.3 Å². The summed E-state index contributed by atoms with van der Waals surface area (Å²) >= 11 is 3.26. The van der Waals surface area contributed by atoms with Gasteiger partial charge in [-0.2, -0.15) is 5.10 Å². The molecule has 52 heavy (non-hydrogen) atoms. The van der Waals surface area contributed by atoms with E-state index >= 15 is 0 Å². The van der Waals surface area contributed by atoms with Crippen LogP contribution in [-0.2, 0) is 27.6 Å². The van der Waals surface area contributed by atoms with E-state index in [0.29, 0.717) is 48.9 Å². The lowest BCUT2D eigenvalue weighted by atomic mass is 10.1. The minimum absolute atomic E-state index is 0. The van der Waals surface area contributed by atoms with Crippen LogP contribution >= 0.6 is 15.9 Å². The van der Waals surface area contributed by atoms with Crippen molar-refractivity contribution in [1.29, 1.82) is 0 Å². The van der Waals surface area contributed by atoms with E-state index in [0.717, 1.165) is 16.5 Å². The maximum absolute atomic E-state index is 13.0. The Morgan fingerprint density at radius 3 is 1.65 bits per heavy atom. The zero-order chi connectivity index (χ0) is 36.6. The van der Waals surface area contributed by atoms with Gasteiger partial charge in [0, 0.05) is 30.1 Å². The molecule has 0 saturated heterocycles. The number of aromatic nitrogens is 6. The number of esters is 2. The van der Waals surface area contributed by atoms with Crippen molar-refractivity contribution in [3.8, 4) is 11.6 Å². The summed E-state index contributed by atoms with van der Waals surface area (Å²) in [5.41, 5.74) is 9.02. The summed E-state index contributed by atoms with van der Waals surface area (Å²) in [5.74, 6) is 0.0194. The van der Waals surface area contributed by atoms with Crippen LogP contribution in [0.15, 0.2) is 110 Å². The third kappa shape index (κ3) is 11.9. The quantitative estimate of drug-likeness (QED) is 0.109. The van der Waals surface area contributed by atoms with Gasteiger partial charge >= 0.3 is 11.9 Å². The van der Waals surface area contributed by atoms with E-state index in [1.807, 2.05) is 24.3 Å². The number of rotatable bonds is 10. The highest BCUT2D eigenvalue weighted by molar-refractivity contribution is 9.08. The number of nitrogen functional groups attached to an aromatic ring is 1. The van der Waals surface area contributed by atoms with E-state index in [2.05, 4.69) is 36.1 Å². The van der Waals surface area contributed by atoms with Crippen molar-refractivity contribution in [2.45, 2.75) is 39.4 Å². The Labute approximate surface area is 309 Å². The molecule has 2 aromatic carbocycles. The van der Waals surface area contributed by atoms with Crippen LogP contribution in [0.1, 0.15) is 58.8 Å². The predicted octanol–water partition coefficient (Wildman–Crippen LogP) is 7.75. The molecule has 272 valence electrons. The molecule has 0 aliphatic heterocycles. The summed E-state index contributed by atoms with van der Waals surface area (Å²) in [7, 11) is 0. The molecule has 6 rings (SSSR count). The molecular formula is C38H40BrF2N7O4. The van der Waals surface area contributed by atoms with Gasteiger partial charge in [-0.15, -0.1) is 5.10 Å². The van der Waals surface area contributed by atoms with E-state index in [9.17, 15) is 18.4 Å². The molecule has 0 atom stereocenters. The van der Waals surface area contributed by atoms with Crippen molar-refractivity contribution in [3.05, 3.63) is 149 Å². The van der Waals surface area contributed by atoms with Crippen LogP contribution in [0.4, 0.5) is 14.6 Å². The molecule has 0 spiro atoms. The molecule has 0 saturated carbocycles. The number of benzene rings is 2. The molecule has 4 aromatic heterocycles. The van der Waals surface area contributed by atoms with Crippen molar-refractivity contribution < 1.29 is 27.8 Å². The maximum Gasteiger partial charge on any atom is 0.343 e. The lowest BCUT2D eigenvalue weighted by Crippen LogP contribution is -2.07. The Morgan fingerprint density at radius 2 is 1.17 bits per heavy atom. The van der Waals surface area contributed by atoms with Crippen molar-refractivity contribution in [3.63, 3.8) is 0 Å². The smallest absolute Gasteiger partial charge is 0.343 e. The van der Waals surface area contributed by atoms with Gasteiger partial charge in [0.05, 0.1) is 18.9 Å². The van der Waals surface area contributed by atoms with E-state index in [-0.39, 0.29) is 30.4 Å². The molecule has 11 nitrogen and oxygen atoms in total. The van der Waals surface area contributed by atoms with Gasteiger partial charge in [0.15, 0.2) is 17.5 Å². The van der Waals surface area contributed by atoms with Gasteiger partial charge in [-0.1, -0.05) is 59.8 Å². The fraction of sp³-hybridized carbons (Fsp3) is 0.211. The molecule has 14 heteroatoms. The number of nitrogens with zero attached hydrogens (tertiary/aromatic N) is 6. The first kappa shape index (κ1) is 40.7. The number of nitrogens with two attached hydrogens (primary N) is 1. The Balaban J connectivity index is 0.000000233. The number of carbonyl (C=O) groups excluding carboxylic acids is 2. The van der Waals surface area contributed by atoms with E-state index in [4.69, 9.17) is 15.2 Å². The average molecular weight is 777 g/mol. The van der Waals surface area contributed by atoms with Crippen molar-refractivity contribution in [1.82, 2.24) is 29.5 Å². The summed E-state index contributed by atoms with van der Waals surface area (Å²) in [5, 5.41) is 9.30. The second-order valence-electron chi connectivity index (χ2n) is 10.5. The number of aryl methyl sites for hydroxylation is 2. The fourth-order valence-electron chi connectivity index (χ4n) is 4.43. The lowest BCUT2D eigenvalue weighted by molar-refractivity contribution is 0.0516. The average Bonchev–Trinajstić information content (AvgIpc) is 3.77. The van der Waals surface area contributed by atoms with Crippen molar-refractivity contribution in [2.75, 3.05) is 18.9 Å². The van der Waals surface area contributed by atoms with Gasteiger partial charge in [-0.3, -0.25) is 0 Å². The highest BCUT2D eigenvalue weighted by Gasteiger charge is 2.19. The zero-order valence-corrected chi connectivity index (χ0v) is 29.5.